The van der Waals surface area contributed by atoms with E-state index in [4.69, 9.17) is 4.42 Å². The first kappa shape index (κ1) is 18.4. The van der Waals surface area contributed by atoms with Crippen LogP contribution in [0.5, 0.6) is 0 Å². The number of hydrogen-bond acceptors (Lipinski definition) is 4. The van der Waals surface area contributed by atoms with Crippen LogP contribution in [0.3, 0.4) is 0 Å². The number of aromatic amines is 1. The van der Waals surface area contributed by atoms with Gasteiger partial charge in [-0.2, -0.15) is 5.10 Å². The maximum Gasteiger partial charge on any atom is 0.343 e. The van der Waals surface area contributed by atoms with Gasteiger partial charge in [0.05, 0.1) is 6.26 Å². The molecular weight excluding hydrogens is 380 g/mol. The van der Waals surface area contributed by atoms with Gasteiger partial charge in [0.1, 0.15) is 5.58 Å². The molecule has 0 spiro atoms. The molecule has 0 radical (unpaired) electrons. The van der Waals surface area contributed by atoms with Crippen molar-refractivity contribution in [3.63, 3.8) is 0 Å². The number of amides is 1. The van der Waals surface area contributed by atoms with Crippen LogP contribution in [0.15, 0.2) is 64.0 Å². The van der Waals surface area contributed by atoms with Gasteiger partial charge in [0, 0.05) is 37.5 Å². The van der Waals surface area contributed by atoms with E-state index in [-0.39, 0.29) is 17.5 Å². The Morgan fingerprint density at radius 3 is 2.67 bits per heavy atom. The molecule has 0 unspecified atom stereocenters. The molecule has 2 aromatic heterocycles. The van der Waals surface area contributed by atoms with Gasteiger partial charge in [-0.15, -0.1) is 0 Å². The minimum Gasteiger partial charge on any atom is -0.464 e. The fraction of sp³-hybridized carbons (Fsp3) is 0.261. The lowest BCUT2D eigenvalue weighted by atomic mass is 10.0. The molecule has 2 aromatic carbocycles. The van der Waals surface area contributed by atoms with Gasteiger partial charge in [-0.25, -0.2) is 9.89 Å². The second-order valence-electron chi connectivity index (χ2n) is 7.83. The molecule has 30 heavy (non-hydrogen) atoms. The maximum absolute atomic E-state index is 12.4. The van der Waals surface area contributed by atoms with Crippen LogP contribution in [-0.4, -0.2) is 38.7 Å². The topological polar surface area (TPSA) is 84.1 Å². The van der Waals surface area contributed by atoms with Crippen molar-refractivity contribution in [3.05, 3.63) is 65.3 Å². The number of carbonyl (C=O) groups excluding carboxylic acids is 1. The number of nitrogens with zero attached hydrogens (tertiary/aromatic N) is 3. The average Bonchev–Trinajstić information content (AvgIpc) is 3.49. The molecule has 1 atom stereocenters. The Kier molecular flexibility index (Phi) is 4.50. The van der Waals surface area contributed by atoms with E-state index < -0.39 is 0 Å². The quantitative estimate of drug-likeness (QED) is 0.566. The molecule has 7 heteroatoms. The molecule has 0 bridgehead atoms. The van der Waals surface area contributed by atoms with E-state index in [1.54, 1.807) is 17.8 Å². The molecule has 1 N–H and O–H groups in total. The summed E-state index contributed by atoms with van der Waals surface area (Å²) in [5, 5.41) is 7.89. The monoisotopic (exact) mass is 402 g/mol. The van der Waals surface area contributed by atoms with E-state index >= 15 is 0 Å². The standard InChI is InChI=1S/C23H22N4O3/c1-15(28)26-10-8-16(13-26)14-27-22(24-25-23(27)29)18-4-2-17(3-5-18)19-6-7-21-20(12-19)9-11-30-21/h2-7,9,11-12,16H,8,10,13-14H2,1H3,(H,25,29)/t16-/m1/s1. The van der Waals surface area contributed by atoms with Crippen molar-refractivity contribution < 1.29 is 9.21 Å². The first-order chi connectivity index (χ1) is 14.6. The third-order valence-electron chi connectivity index (χ3n) is 5.86. The van der Waals surface area contributed by atoms with E-state index in [0.29, 0.717) is 18.9 Å². The summed E-state index contributed by atoms with van der Waals surface area (Å²) in [6, 6.07) is 16.1. The zero-order chi connectivity index (χ0) is 20.7. The maximum atomic E-state index is 12.4. The van der Waals surface area contributed by atoms with Crippen LogP contribution < -0.4 is 5.69 Å². The third-order valence-corrected chi connectivity index (χ3v) is 5.86. The van der Waals surface area contributed by atoms with Gasteiger partial charge in [-0.1, -0.05) is 30.3 Å². The lowest BCUT2D eigenvalue weighted by molar-refractivity contribution is -0.127. The van der Waals surface area contributed by atoms with E-state index in [9.17, 15) is 9.59 Å². The molecule has 3 heterocycles. The fourth-order valence-corrected chi connectivity index (χ4v) is 4.19. The average molecular weight is 402 g/mol. The summed E-state index contributed by atoms with van der Waals surface area (Å²) < 4.78 is 7.09. The largest absolute Gasteiger partial charge is 0.464 e. The van der Waals surface area contributed by atoms with Crippen molar-refractivity contribution in [2.75, 3.05) is 13.1 Å². The summed E-state index contributed by atoms with van der Waals surface area (Å²) >= 11 is 0. The second-order valence-corrected chi connectivity index (χ2v) is 7.83. The highest BCUT2D eigenvalue weighted by Crippen LogP contribution is 2.27. The summed E-state index contributed by atoms with van der Waals surface area (Å²) in [5.74, 6) is 0.962. The number of rotatable bonds is 4. The Morgan fingerprint density at radius 1 is 1.13 bits per heavy atom. The number of benzene rings is 2. The number of hydrogen-bond donors (Lipinski definition) is 1. The van der Waals surface area contributed by atoms with Crippen molar-refractivity contribution in [1.29, 1.82) is 0 Å². The smallest absolute Gasteiger partial charge is 0.343 e. The van der Waals surface area contributed by atoms with Crippen LogP contribution in [-0.2, 0) is 11.3 Å². The summed E-state index contributed by atoms with van der Waals surface area (Å²) in [7, 11) is 0. The molecule has 1 aliphatic heterocycles. The minimum atomic E-state index is -0.222. The van der Waals surface area contributed by atoms with Crippen LogP contribution in [0.2, 0.25) is 0 Å². The number of furan rings is 1. The SMILES string of the molecule is CC(=O)N1CC[C@@H](Cn2c(-c3ccc(-c4ccc5occc5c4)cc3)n[nH]c2=O)C1. The summed E-state index contributed by atoms with van der Waals surface area (Å²) in [4.78, 5) is 25.8. The first-order valence-electron chi connectivity index (χ1n) is 10.1. The van der Waals surface area contributed by atoms with Gasteiger partial charge in [0.15, 0.2) is 5.82 Å². The van der Waals surface area contributed by atoms with Crippen LogP contribution in [0.4, 0.5) is 0 Å². The van der Waals surface area contributed by atoms with Gasteiger partial charge in [0.2, 0.25) is 5.91 Å². The Balaban J connectivity index is 1.40. The predicted octanol–water partition coefficient (Wildman–Crippen LogP) is 3.52. The van der Waals surface area contributed by atoms with E-state index in [1.807, 2.05) is 47.4 Å². The molecule has 152 valence electrons. The first-order valence-corrected chi connectivity index (χ1v) is 10.1. The van der Waals surface area contributed by atoms with E-state index in [1.165, 1.54) is 0 Å². The highest BCUT2D eigenvalue weighted by atomic mass is 16.3. The number of likely N-dealkylation sites (tertiary alicyclic amines) is 1. The number of aromatic nitrogens is 3. The fourth-order valence-electron chi connectivity index (χ4n) is 4.19. The van der Waals surface area contributed by atoms with Gasteiger partial charge in [0.25, 0.3) is 0 Å². The molecule has 4 aromatic rings. The van der Waals surface area contributed by atoms with Gasteiger partial charge < -0.3 is 9.32 Å². The van der Waals surface area contributed by atoms with Gasteiger partial charge in [-0.05, 0) is 41.7 Å². The van der Waals surface area contributed by atoms with E-state index in [0.717, 1.165) is 40.6 Å². The molecule has 0 aliphatic carbocycles. The minimum absolute atomic E-state index is 0.0847. The Hall–Kier alpha value is -3.61. The summed E-state index contributed by atoms with van der Waals surface area (Å²) in [5.41, 5.74) is 3.71. The van der Waals surface area contributed by atoms with Gasteiger partial charge in [-0.3, -0.25) is 9.36 Å². The second kappa shape index (κ2) is 7.33. The lowest BCUT2D eigenvalue weighted by Crippen LogP contribution is -2.28. The molecule has 5 rings (SSSR count). The molecule has 7 nitrogen and oxygen atoms in total. The normalized spacial score (nSPS) is 16.4. The molecule has 1 amide bonds. The highest BCUT2D eigenvalue weighted by Gasteiger charge is 2.26. The van der Waals surface area contributed by atoms with Crippen LogP contribution in [0.25, 0.3) is 33.5 Å². The zero-order valence-electron chi connectivity index (χ0n) is 16.7. The zero-order valence-corrected chi connectivity index (χ0v) is 16.7. The number of nitrogens with one attached hydrogen (secondary N) is 1. The Morgan fingerprint density at radius 2 is 1.90 bits per heavy atom. The number of fused-ring (bicyclic) bond motifs is 1. The van der Waals surface area contributed by atoms with Crippen LogP contribution in [0, 0.1) is 5.92 Å². The summed E-state index contributed by atoms with van der Waals surface area (Å²) in [6.45, 7) is 3.57. The molecular formula is C23H22N4O3. The third kappa shape index (κ3) is 3.32. The van der Waals surface area contributed by atoms with Crippen molar-refractivity contribution in [2.24, 2.45) is 5.92 Å². The van der Waals surface area contributed by atoms with Crippen LogP contribution >= 0.6 is 0 Å². The van der Waals surface area contributed by atoms with Crippen molar-refractivity contribution in [1.82, 2.24) is 19.7 Å². The number of H-pyrrole nitrogens is 1. The van der Waals surface area contributed by atoms with Crippen molar-refractivity contribution >= 4 is 16.9 Å². The van der Waals surface area contributed by atoms with Gasteiger partial charge >= 0.3 is 5.69 Å². The lowest BCUT2D eigenvalue weighted by Gasteiger charge is -2.14. The summed E-state index contributed by atoms with van der Waals surface area (Å²) in [6.07, 6.45) is 2.58. The number of carbonyl (C=O) groups is 1. The molecule has 0 saturated carbocycles. The Bertz CT molecular complexity index is 1270. The van der Waals surface area contributed by atoms with Crippen molar-refractivity contribution in [2.45, 2.75) is 19.9 Å². The molecule has 1 fully saturated rings. The van der Waals surface area contributed by atoms with E-state index in [2.05, 4.69) is 16.3 Å². The molecule has 1 saturated heterocycles. The predicted molar refractivity (Wildman–Crippen MR) is 114 cm³/mol. The Labute approximate surface area is 172 Å². The van der Waals surface area contributed by atoms with Crippen LogP contribution in [0.1, 0.15) is 13.3 Å². The van der Waals surface area contributed by atoms with Crippen molar-refractivity contribution in [3.8, 4) is 22.5 Å². The molecule has 1 aliphatic rings. The highest BCUT2D eigenvalue weighted by molar-refractivity contribution is 5.83.